The number of halogens is 1. The summed E-state index contributed by atoms with van der Waals surface area (Å²) in [4.78, 5) is 41.2. The van der Waals surface area contributed by atoms with E-state index in [1.807, 2.05) is 0 Å². The summed E-state index contributed by atoms with van der Waals surface area (Å²) in [5.41, 5.74) is 3.23. The number of phenolic OH excluding ortho intramolecular Hbond substituents is 1. The number of allylic oxidation sites excluding steroid dienone is 2. The molecule has 42 heavy (non-hydrogen) atoms. The molecule has 10 heteroatoms. The van der Waals surface area contributed by atoms with Crippen molar-refractivity contribution in [3.8, 4) is 5.75 Å². The number of ketones is 2. The Labute approximate surface area is 250 Å². The number of aromatic hydroxyl groups is 1. The van der Waals surface area contributed by atoms with E-state index in [4.69, 9.17) is 17.3 Å². The molecule has 1 aromatic carbocycles. The van der Waals surface area contributed by atoms with Crippen molar-refractivity contribution in [2.45, 2.75) is 84.4 Å². The molecule has 1 amide bonds. The Morgan fingerprint density at radius 1 is 1.12 bits per heavy atom. The zero-order chi connectivity index (χ0) is 30.7. The second-order valence-corrected chi connectivity index (χ2v) is 14.2. The third kappa shape index (κ3) is 3.59. The van der Waals surface area contributed by atoms with Crippen LogP contribution in [0.2, 0.25) is 5.02 Å². The van der Waals surface area contributed by atoms with E-state index in [2.05, 4.69) is 32.6 Å². The minimum absolute atomic E-state index is 0.0589. The average molecular weight is 599 g/mol. The maximum Gasteiger partial charge on any atom is 0.255 e. The van der Waals surface area contributed by atoms with Crippen molar-refractivity contribution in [3.05, 3.63) is 50.4 Å². The van der Waals surface area contributed by atoms with Crippen LogP contribution in [0, 0.1) is 28.6 Å². The van der Waals surface area contributed by atoms with Crippen molar-refractivity contribution in [1.82, 2.24) is 4.90 Å². The first-order chi connectivity index (χ1) is 19.6. The number of Topliss-reactive ketones (excluding diaryl/α,β-unsaturated/α-hetero) is 2. The zero-order valence-corrected chi connectivity index (χ0v) is 25.2. The smallest absolute Gasteiger partial charge is 0.255 e. The van der Waals surface area contributed by atoms with Crippen molar-refractivity contribution in [2.24, 2.45) is 34.3 Å². The van der Waals surface area contributed by atoms with Crippen molar-refractivity contribution in [1.29, 1.82) is 0 Å². The fourth-order valence-corrected chi connectivity index (χ4v) is 9.50. The number of carbonyl (C=O) groups is 3. The first-order valence-corrected chi connectivity index (χ1v) is 15.2. The number of rotatable bonds is 5. The Morgan fingerprint density at radius 3 is 2.38 bits per heavy atom. The van der Waals surface area contributed by atoms with Crippen molar-refractivity contribution in [3.63, 3.8) is 0 Å². The number of aliphatic hydroxyl groups is 3. The van der Waals surface area contributed by atoms with E-state index in [-0.39, 0.29) is 47.0 Å². The minimum atomic E-state index is -2.58. The molecular weight excluding hydrogens is 560 g/mol. The molecule has 0 heterocycles. The molecule has 0 aromatic heterocycles. The van der Waals surface area contributed by atoms with Gasteiger partial charge in [-0.3, -0.25) is 19.3 Å². The third-order valence-electron chi connectivity index (χ3n) is 12.0. The quantitative estimate of drug-likeness (QED) is 0.314. The number of primary amides is 1. The number of benzene rings is 1. The Balaban J connectivity index is 1.37. The van der Waals surface area contributed by atoms with Gasteiger partial charge >= 0.3 is 0 Å². The van der Waals surface area contributed by atoms with Gasteiger partial charge in [-0.25, -0.2) is 0 Å². The van der Waals surface area contributed by atoms with Gasteiger partial charge in [0.15, 0.2) is 11.4 Å². The maximum absolute atomic E-state index is 13.8. The monoisotopic (exact) mass is 598 g/mol. The van der Waals surface area contributed by atoms with E-state index in [1.165, 1.54) is 18.9 Å². The summed E-state index contributed by atoms with van der Waals surface area (Å²) in [5.74, 6) is -5.81. The summed E-state index contributed by atoms with van der Waals surface area (Å²) in [6.45, 7) is 10.6. The van der Waals surface area contributed by atoms with Gasteiger partial charge in [-0.2, -0.15) is 0 Å². The van der Waals surface area contributed by atoms with Gasteiger partial charge in [-0.1, -0.05) is 39.3 Å². The molecule has 6 N–H and O–H groups in total. The standard InChI is InChI=1S/C32H39ClN2O7/c1-5-35(21-12-16-6-7-31(21,4)30(16,2)3)13-15-10-19(36)23-18(25(15)33)9-14-8-17-11-20(37)24(29(34)41)28(40)32(17,42)27(39)22(14)26(23)38/h10,14,16-17,21,36-37,39,42H,5-9,11-13H2,1-4H3,(H2,34,41)/t14?,16?,17-,21-,31?,32-/m0/s1. The summed E-state index contributed by atoms with van der Waals surface area (Å²) in [6.07, 6.45) is 3.52. The van der Waals surface area contributed by atoms with E-state index >= 15 is 0 Å². The SMILES string of the molecule is CCN(Cc1cc(O)c2c(c1Cl)CC1C[C@H]3CC(O)=C(C(N)=O)C(=O)[C@@]3(O)C(O)=C1C2=O)[C@H]1CC2CCC1(C)C2(C)C. The van der Waals surface area contributed by atoms with E-state index in [0.29, 0.717) is 29.1 Å². The van der Waals surface area contributed by atoms with Crippen LogP contribution in [0.1, 0.15) is 81.3 Å². The van der Waals surface area contributed by atoms with Gasteiger partial charge in [0.1, 0.15) is 22.8 Å². The lowest BCUT2D eigenvalue weighted by Gasteiger charge is -2.46. The van der Waals surface area contributed by atoms with Crippen LogP contribution in [0.3, 0.4) is 0 Å². The topological polar surface area (TPSA) is 161 Å². The molecule has 3 unspecified atom stereocenters. The summed E-state index contributed by atoms with van der Waals surface area (Å²) in [7, 11) is 0. The summed E-state index contributed by atoms with van der Waals surface area (Å²) >= 11 is 7.00. The summed E-state index contributed by atoms with van der Waals surface area (Å²) in [5, 5.41) is 44.6. The van der Waals surface area contributed by atoms with Crippen LogP contribution in [-0.2, 0) is 22.6 Å². The number of amides is 1. The number of fused-ring (bicyclic) bond motifs is 5. The van der Waals surface area contributed by atoms with Gasteiger partial charge in [-0.15, -0.1) is 0 Å². The van der Waals surface area contributed by atoms with Gasteiger partial charge in [-0.05, 0) is 78.5 Å². The fraction of sp³-hybridized carbons (Fsp3) is 0.594. The highest BCUT2D eigenvalue weighted by Crippen LogP contribution is 2.66. The average Bonchev–Trinajstić information content (AvgIpc) is 3.25. The number of nitrogens with two attached hydrogens (primary N) is 1. The molecule has 6 atom stereocenters. The zero-order valence-electron chi connectivity index (χ0n) is 24.5. The van der Waals surface area contributed by atoms with E-state index in [0.717, 1.165) is 18.5 Å². The van der Waals surface area contributed by atoms with Crippen LogP contribution in [0.4, 0.5) is 0 Å². The molecule has 9 nitrogen and oxygen atoms in total. The lowest BCUT2D eigenvalue weighted by molar-refractivity contribution is -0.144. The summed E-state index contributed by atoms with van der Waals surface area (Å²) < 4.78 is 0. The van der Waals surface area contributed by atoms with Gasteiger partial charge in [0.2, 0.25) is 5.78 Å². The molecule has 0 radical (unpaired) electrons. The lowest BCUT2D eigenvalue weighted by atomic mass is 9.60. The van der Waals surface area contributed by atoms with Gasteiger partial charge in [0.05, 0.1) is 5.56 Å². The molecule has 1 aromatic rings. The minimum Gasteiger partial charge on any atom is -0.511 e. The molecule has 0 aliphatic heterocycles. The Hall–Kier alpha value is -2.88. The highest BCUT2D eigenvalue weighted by Gasteiger charge is 2.63. The molecular formula is C32H39ClN2O7. The molecule has 5 aliphatic carbocycles. The first kappa shape index (κ1) is 29.2. The Kier molecular flexibility index (Phi) is 6.47. The van der Waals surface area contributed by atoms with Gasteiger partial charge in [0, 0.05) is 35.5 Å². The second kappa shape index (κ2) is 9.31. The highest BCUT2D eigenvalue weighted by molar-refractivity contribution is 6.33. The van der Waals surface area contributed by atoms with Crippen LogP contribution >= 0.6 is 11.6 Å². The van der Waals surface area contributed by atoms with Gasteiger partial charge < -0.3 is 26.2 Å². The number of hydrogen-bond donors (Lipinski definition) is 5. The van der Waals surface area contributed by atoms with E-state index in [9.17, 15) is 34.8 Å². The number of nitrogens with zero attached hydrogens (tertiary/aromatic N) is 1. The molecule has 0 spiro atoms. The molecule has 2 fully saturated rings. The number of carbonyl (C=O) groups excluding carboxylic acids is 3. The molecule has 2 bridgehead atoms. The number of phenols is 1. The molecule has 226 valence electrons. The largest absolute Gasteiger partial charge is 0.511 e. The molecule has 0 saturated heterocycles. The van der Waals surface area contributed by atoms with Crippen LogP contribution in [0.5, 0.6) is 5.75 Å². The predicted octanol–water partition coefficient (Wildman–Crippen LogP) is 4.27. The maximum atomic E-state index is 13.8. The Bertz CT molecular complexity index is 1510. The van der Waals surface area contributed by atoms with E-state index < -0.39 is 52.0 Å². The summed E-state index contributed by atoms with van der Waals surface area (Å²) in [6, 6.07) is 1.88. The first-order valence-electron chi connectivity index (χ1n) is 14.8. The molecule has 2 saturated carbocycles. The molecule has 5 aliphatic rings. The van der Waals surface area contributed by atoms with Crippen LogP contribution in [-0.4, -0.2) is 61.0 Å². The predicted molar refractivity (Wildman–Crippen MR) is 155 cm³/mol. The van der Waals surface area contributed by atoms with Crippen LogP contribution < -0.4 is 5.73 Å². The lowest BCUT2D eigenvalue weighted by Crippen LogP contribution is -2.57. The normalized spacial score (nSPS) is 35.0. The fourth-order valence-electron chi connectivity index (χ4n) is 9.21. The second-order valence-electron chi connectivity index (χ2n) is 13.8. The van der Waals surface area contributed by atoms with Crippen LogP contribution in [0.15, 0.2) is 28.7 Å². The number of aliphatic hydroxyl groups excluding tert-OH is 2. The van der Waals surface area contributed by atoms with Crippen molar-refractivity contribution in [2.75, 3.05) is 6.54 Å². The van der Waals surface area contributed by atoms with Crippen molar-refractivity contribution >= 4 is 29.1 Å². The highest BCUT2D eigenvalue weighted by atomic mass is 35.5. The number of hydrogen-bond acceptors (Lipinski definition) is 8. The molecule has 6 rings (SSSR count). The van der Waals surface area contributed by atoms with E-state index in [1.54, 1.807) is 0 Å². The van der Waals surface area contributed by atoms with Crippen LogP contribution in [0.25, 0.3) is 0 Å². The Morgan fingerprint density at radius 2 is 1.81 bits per heavy atom. The van der Waals surface area contributed by atoms with Gasteiger partial charge in [0.25, 0.3) is 5.91 Å². The third-order valence-corrected chi connectivity index (χ3v) is 12.5. The van der Waals surface area contributed by atoms with Crippen molar-refractivity contribution < 1.29 is 34.8 Å².